The van der Waals surface area contributed by atoms with Gasteiger partial charge in [0.15, 0.2) is 0 Å². The van der Waals surface area contributed by atoms with Crippen LogP contribution in [0.25, 0.3) is 0 Å². The molecular weight excluding hydrogens is 210 g/mol. The van der Waals surface area contributed by atoms with Crippen molar-refractivity contribution < 1.29 is 19.5 Å². The number of rotatable bonds is 1. The summed E-state index contributed by atoms with van der Waals surface area (Å²) in [5, 5.41) is 8.57. The molecular formula is C11H13NO4. The van der Waals surface area contributed by atoms with Crippen LogP contribution in [0.3, 0.4) is 0 Å². The first-order chi connectivity index (χ1) is 7.65. The average Bonchev–Trinajstić information content (AvgIpc) is 2.62. The van der Waals surface area contributed by atoms with E-state index >= 15 is 0 Å². The van der Waals surface area contributed by atoms with Gasteiger partial charge in [-0.1, -0.05) is 18.2 Å². The Labute approximate surface area is 93.2 Å². The molecule has 0 spiro atoms. The zero-order valence-corrected chi connectivity index (χ0v) is 8.92. The minimum Gasteiger partial charge on any atom is -0.497 e. The van der Waals surface area contributed by atoms with Crippen LogP contribution in [0.15, 0.2) is 30.3 Å². The van der Waals surface area contributed by atoms with Crippen LogP contribution >= 0.6 is 0 Å². The molecule has 0 unspecified atom stereocenters. The number of carbonyl (C=O) groups is 2. The van der Waals surface area contributed by atoms with Gasteiger partial charge in [0.2, 0.25) is 0 Å². The fourth-order valence-electron chi connectivity index (χ4n) is 1.12. The van der Waals surface area contributed by atoms with Crippen LogP contribution in [0.2, 0.25) is 0 Å². The Hall–Kier alpha value is -1.88. The second-order valence-corrected chi connectivity index (χ2v) is 3.12. The molecule has 2 rings (SSSR count). The first-order valence-corrected chi connectivity index (χ1v) is 4.79. The standard InChI is InChI=1S/C7H8O.C4H5NO3/c1-8-7-5-3-2-4-6-7;6-3-1-2-4(7)5(3)8/h2-6H,1H3;8H,1-2H2. The number of hydroxylamine groups is 2. The highest BCUT2D eigenvalue weighted by molar-refractivity contribution is 6.00. The summed E-state index contributed by atoms with van der Waals surface area (Å²) < 4.78 is 4.91. The number of para-hydroxylation sites is 1. The van der Waals surface area contributed by atoms with Gasteiger partial charge in [-0.05, 0) is 12.1 Å². The summed E-state index contributed by atoms with van der Waals surface area (Å²) in [5.74, 6) is -0.0995. The fourth-order valence-corrected chi connectivity index (χ4v) is 1.12. The molecule has 1 fully saturated rings. The Balaban J connectivity index is 0.000000160. The number of benzene rings is 1. The summed E-state index contributed by atoms with van der Waals surface area (Å²) in [6, 6.07) is 9.68. The van der Waals surface area contributed by atoms with E-state index in [9.17, 15) is 9.59 Å². The molecule has 1 heterocycles. The molecule has 0 saturated carbocycles. The Morgan fingerprint density at radius 3 is 1.88 bits per heavy atom. The number of carbonyl (C=O) groups excluding carboxylic acids is 2. The predicted molar refractivity (Wildman–Crippen MR) is 55.9 cm³/mol. The highest BCUT2D eigenvalue weighted by Crippen LogP contribution is 2.07. The van der Waals surface area contributed by atoms with Gasteiger partial charge in [-0.3, -0.25) is 14.8 Å². The van der Waals surface area contributed by atoms with Crippen molar-refractivity contribution in [2.75, 3.05) is 7.11 Å². The third kappa shape index (κ3) is 3.36. The molecule has 1 aromatic rings. The van der Waals surface area contributed by atoms with E-state index in [4.69, 9.17) is 9.94 Å². The summed E-state index contributed by atoms with van der Waals surface area (Å²) >= 11 is 0. The number of hydrogen-bond donors (Lipinski definition) is 1. The quantitative estimate of drug-likeness (QED) is 0.574. The lowest BCUT2D eigenvalue weighted by atomic mass is 10.3. The Kier molecular flexibility index (Phi) is 4.47. The zero-order valence-electron chi connectivity index (χ0n) is 8.92. The van der Waals surface area contributed by atoms with Gasteiger partial charge in [0.25, 0.3) is 11.8 Å². The van der Waals surface area contributed by atoms with E-state index < -0.39 is 11.8 Å². The molecule has 2 amide bonds. The number of nitrogens with zero attached hydrogens (tertiary/aromatic N) is 1. The molecule has 1 aromatic carbocycles. The molecule has 16 heavy (non-hydrogen) atoms. The third-order valence-corrected chi connectivity index (χ3v) is 2.00. The van der Waals surface area contributed by atoms with Crippen molar-refractivity contribution in [3.05, 3.63) is 30.3 Å². The van der Waals surface area contributed by atoms with Gasteiger partial charge in [0.05, 0.1) is 7.11 Å². The molecule has 1 N–H and O–H groups in total. The van der Waals surface area contributed by atoms with Crippen LogP contribution < -0.4 is 4.74 Å². The van der Waals surface area contributed by atoms with E-state index in [2.05, 4.69) is 0 Å². The maximum Gasteiger partial charge on any atom is 0.253 e. The lowest BCUT2D eigenvalue weighted by Crippen LogP contribution is -2.24. The summed E-state index contributed by atoms with van der Waals surface area (Å²) in [6.45, 7) is 0. The SMILES string of the molecule is COc1ccccc1.O=C1CCC(=O)N1O. The minimum atomic E-state index is -0.505. The molecule has 1 aliphatic rings. The molecule has 0 atom stereocenters. The molecule has 0 aromatic heterocycles. The van der Waals surface area contributed by atoms with E-state index in [1.54, 1.807) is 7.11 Å². The zero-order chi connectivity index (χ0) is 12.0. The van der Waals surface area contributed by atoms with E-state index in [1.807, 2.05) is 30.3 Å². The van der Waals surface area contributed by atoms with Crippen molar-refractivity contribution in [1.82, 2.24) is 5.06 Å². The summed E-state index contributed by atoms with van der Waals surface area (Å²) in [6.07, 6.45) is 0.296. The first-order valence-electron chi connectivity index (χ1n) is 4.79. The van der Waals surface area contributed by atoms with Gasteiger partial charge in [0.1, 0.15) is 5.75 Å². The Morgan fingerprint density at radius 1 is 1.12 bits per heavy atom. The molecule has 86 valence electrons. The molecule has 1 saturated heterocycles. The lowest BCUT2D eigenvalue weighted by Gasteiger charge is -1.98. The number of hydrogen-bond acceptors (Lipinski definition) is 4. The normalized spacial score (nSPS) is 14.5. The van der Waals surface area contributed by atoms with Crippen LogP contribution in [0, 0.1) is 0 Å². The van der Waals surface area contributed by atoms with Gasteiger partial charge in [-0.25, -0.2) is 0 Å². The van der Waals surface area contributed by atoms with Crippen molar-refractivity contribution in [3.63, 3.8) is 0 Å². The largest absolute Gasteiger partial charge is 0.497 e. The molecule has 0 radical (unpaired) electrons. The summed E-state index contributed by atoms with van der Waals surface area (Å²) in [7, 11) is 1.66. The van der Waals surface area contributed by atoms with Crippen LogP contribution in [0.5, 0.6) is 5.75 Å². The van der Waals surface area contributed by atoms with Crippen LogP contribution in [-0.4, -0.2) is 29.2 Å². The molecule has 5 nitrogen and oxygen atoms in total. The maximum atomic E-state index is 10.2. The highest BCUT2D eigenvalue weighted by atomic mass is 16.5. The first kappa shape index (κ1) is 12.2. The minimum absolute atomic E-state index is 0.148. The summed E-state index contributed by atoms with van der Waals surface area (Å²) in [4.78, 5) is 20.5. The van der Waals surface area contributed by atoms with Gasteiger partial charge in [0, 0.05) is 12.8 Å². The second-order valence-electron chi connectivity index (χ2n) is 3.12. The number of methoxy groups -OCH3 is 1. The van der Waals surface area contributed by atoms with Gasteiger partial charge in [-0.2, -0.15) is 5.06 Å². The maximum absolute atomic E-state index is 10.2. The van der Waals surface area contributed by atoms with Gasteiger partial charge < -0.3 is 4.74 Å². The number of ether oxygens (including phenoxy) is 1. The van der Waals surface area contributed by atoms with Crippen LogP contribution in [-0.2, 0) is 9.59 Å². The topological polar surface area (TPSA) is 66.8 Å². The summed E-state index contributed by atoms with van der Waals surface area (Å²) in [5.41, 5.74) is 0. The molecule has 0 bridgehead atoms. The van der Waals surface area contributed by atoms with Crippen molar-refractivity contribution in [1.29, 1.82) is 0 Å². The number of imide groups is 1. The average molecular weight is 223 g/mol. The highest BCUT2D eigenvalue weighted by Gasteiger charge is 2.26. The van der Waals surface area contributed by atoms with E-state index in [0.29, 0.717) is 0 Å². The van der Waals surface area contributed by atoms with Crippen molar-refractivity contribution in [2.24, 2.45) is 0 Å². The van der Waals surface area contributed by atoms with Gasteiger partial charge >= 0.3 is 0 Å². The van der Waals surface area contributed by atoms with Crippen LogP contribution in [0.4, 0.5) is 0 Å². The monoisotopic (exact) mass is 223 g/mol. The van der Waals surface area contributed by atoms with E-state index in [1.165, 1.54) is 0 Å². The fraction of sp³-hybridized carbons (Fsp3) is 0.273. The lowest BCUT2D eigenvalue weighted by molar-refractivity contribution is -0.171. The second kappa shape index (κ2) is 5.87. The molecule has 1 aliphatic heterocycles. The van der Waals surface area contributed by atoms with Crippen molar-refractivity contribution in [2.45, 2.75) is 12.8 Å². The molecule has 0 aliphatic carbocycles. The van der Waals surface area contributed by atoms with Crippen molar-refractivity contribution in [3.8, 4) is 5.75 Å². The Morgan fingerprint density at radius 2 is 1.62 bits per heavy atom. The van der Waals surface area contributed by atoms with Crippen LogP contribution in [0.1, 0.15) is 12.8 Å². The smallest absolute Gasteiger partial charge is 0.253 e. The van der Waals surface area contributed by atoms with E-state index in [-0.39, 0.29) is 17.9 Å². The van der Waals surface area contributed by atoms with Crippen molar-refractivity contribution >= 4 is 11.8 Å². The molecule has 5 heteroatoms. The Bertz CT molecular complexity index is 348. The van der Waals surface area contributed by atoms with E-state index in [0.717, 1.165) is 5.75 Å². The predicted octanol–water partition coefficient (Wildman–Crippen LogP) is 1.22. The number of amides is 2. The van der Waals surface area contributed by atoms with Gasteiger partial charge in [-0.15, -0.1) is 0 Å². The third-order valence-electron chi connectivity index (χ3n) is 2.00.